The van der Waals surface area contributed by atoms with E-state index in [1.807, 2.05) is 6.07 Å². The van der Waals surface area contributed by atoms with E-state index in [0.29, 0.717) is 11.3 Å². The molecule has 0 radical (unpaired) electrons. The maximum Gasteiger partial charge on any atom is 0.252 e. The van der Waals surface area contributed by atoms with E-state index in [4.69, 9.17) is 16.2 Å². The number of carbonyl (C=O) groups excluding carboxylic acids is 1. The molecule has 0 bridgehead atoms. The van der Waals surface area contributed by atoms with Gasteiger partial charge in [0.15, 0.2) is 0 Å². The maximum absolute atomic E-state index is 11.5. The van der Waals surface area contributed by atoms with Gasteiger partial charge in [0.25, 0.3) is 5.91 Å². The highest BCUT2D eigenvalue weighted by Crippen LogP contribution is 2.27. The number of rotatable bonds is 3. The molecule has 0 aromatic heterocycles. The molecule has 1 aliphatic carbocycles. The second-order valence-corrected chi connectivity index (χ2v) is 5.88. The zero-order chi connectivity index (χ0) is 13.8. The molecule has 4 N–H and O–H groups in total. The predicted octanol–water partition coefficient (Wildman–Crippen LogP) is 2.59. The van der Waals surface area contributed by atoms with Crippen LogP contribution in [0.4, 0.5) is 0 Å². The molecule has 2 rings (SSSR count). The van der Waals surface area contributed by atoms with E-state index in [0.717, 1.165) is 30.2 Å². The van der Waals surface area contributed by atoms with Crippen LogP contribution in [-0.4, -0.2) is 18.1 Å². The van der Waals surface area contributed by atoms with E-state index >= 15 is 0 Å². The molecular weight excluding hydrogens is 308 g/mol. The standard InChI is InChI=1S/C14H19BrN2O2/c15-9-6-7-12(10(8-9)14(17)18)19-13-5-3-1-2-4-11(13)16/h6-8,11,13H,1-5,16H2,(H2,17,18). The molecule has 5 heteroatoms. The van der Waals surface area contributed by atoms with Crippen LogP contribution < -0.4 is 16.2 Å². The summed E-state index contributed by atoms with van der Waals surface area (Å²) in [4.78, 5) is 11.5. The molecule has 2 atom stereocenters. The molecular formula is C14H19BrN2O2. The highest BCUT2D eigenvalue weighted by atomic mass is 79.9. The molecule has 1 aromatic rings. The molecule has 0 spiro atoms. The van der Waals surface area contributed by atoms with Crippen molar-refractivity contribution in [1.82, 2.24) is 0 Å². The summed E-state index contributed by atoms with van der Waals surface area (Å²) in [5, 5.41) is 0. The monoisotopic (exact) mass is 326 g/mol. The van der Waals surface area contributed by atoms with Gasteiger partial charge in [-0.3, -0.25) is 4.79 Å². The molecule has 0 heterocycles. The normalized spacial score (nSPS) is 23.7. The van der Waals surface area contributed by atoms with E-state index in [1.165, 1.54) is 6.42 Å². The Morgan fingerprint density at radius 1 is 1.26 bits per heavy atom. The van der Waals surface area contributed by atoms with Crippen LogP contribution in [0, 0.1) is 0 Å². The van der Waals surface area contributed by atoms with Crippen LogP contribution in [0.2, 0.25) is 0 Å². The minimum absolute atomic E-state index is 0.0203. The number of primary amides is 1. The fraction of sp³-hybridized carbons (Fsp3) is 0.500. The van der Waals surface area contributed by atoms with Gasteiger partial charge in [0.05, 0.1) is 5.56 Å². The summed E-state index contributed by atoms with van der Waals surface area (Å²) in [5.74, 6) is 0.0385. The van der Waals surface area contributed by atoms with Crippen LogP contribution >= 0.6 is 15.9 Å². The molecule has 2 unspecified atom stereocenters. The molecule has 104 valence electrons. The molecule has 1 fully saturated rings. The topological polar surface area (TPSA) is 78.3 Å². The van der Waals surface area contributed by atoms with Crippen molar-refractivity contribution in [1.29, 1.82) is 0 Å². The molecule has 19 heavy (non-hydrogen) atoms. The summed E-state index contributed by atoms with van der Waals surface area (Å²) in [6, 6.07) is 5.30. The molecule has 0 saturated heterocycles. The first kappa shape index (κ1) is 14.3. The minimum atomic E-state index is -0.488. The molecule has 4 nitrogen and oxygen atoms in total. The number of ether oxygens (including phenoxy) is 1. The lowest BCUT2D eigenvalue weighted by atomic mass is 10.1. The van der Waals surface area contributed by atoms with Gasteiger partial charge < -0.3 is 16.2 Å². The number of benzene rings is 1. The average molecular weight is 327 g/mol. The van der Waals surface area contributed by atoms with Gasteiger partial charge in [-0.15, -0.1) is 0 Å². The van der Waals surface area contributed by atoms with Crippen molar-refractivity contribution in [2.75, 3.05) is 0 Å². The first-order valence-electron chi connectivity index (χ1n) is 6.59. The summed E-state index contributed by atoms with van der Waals surface area (Å²) in [6.07, 6.45) is 5.30. The Bertz CT molecular complexity index is 465. The number of amides is 1. The first-order valence-corrected chi connectivity index (χ1v) is 7.39. The van der Waals surface area contributed by atoms with E-state index in [1.54, 1.807) is 12.1 Å². The molecule has 1 amide bonds. The van der Waals surface area contributed by atoms with Gasteiger partial charge in [-0.2, -0.15) is 0 Å². The zero-order valence-corrected chi connectivity index (χ0v) is 12.4. The fourth-order valence-corrected chi connectivity index (χ4v) is 2.77. The lowest BCUT2D eigenvalue weighted by molar-refractivity contribution is 0.0989. The Labute approximate surface area is 121 Å². The number of nitrogens with two attached hydrogens (primary N) is 2. The van der Waals surface area contributed by atoms with Gasteiger partial charge >= 0.3 is 0 Å². The predicted molar refractivity (Wildman–Crippen MR) is 78.1 cm³/mol. The molecule has 1 aromatic carbocycles. The highest BCUT2D eigenvalue weighted by molar-refractivity contribution is 9.10. The van der Waals surface area contributed by atoms with E-state index in [-0.39, 0.29) is 12.1 Å². The van der Waals surface area contributed by atoms with Crippen molar-refractivity contribution in [3.8, 4) is 5.75 Å². The van der Waals surface area contributed by atoms with Crippen LogP contribution in [0.3, 0.4) is 0 Å². The van der Waals surface area contributed by atoms with Gasteiger partial charge in [0.1, 0.15) is 11.9 Å². The van der Waals surface area contributed by atoms with E-state index in [9.17, 15) is 4.79 Å². The number of hydrogen-bond donors (Lipinski definition) is 2. The summed E-state index contributed by atoms with van der Waals surface area (Å²) in [6.45, 7) is 0. The van der Waals surface area contributed by atoms with Crippen molar-refractivity contribution in [3.05, 3.63) is 28.2 Å². The minimum Gasteiger partial charge on any atom is -0.488 e. The van der Waals surface area contributed by atoms with Crippen LogP contribution in [0.25, 0.3) is 0 Å². The quantitative estimate of drug-likeness (QED) is 0.838. The van der Waals surface area contributed by atoms with Crippen molar-refractivity contribution in [2.45, 2.75) is 44.2 Å². The lowest BCUT2D eigenvalue weighted by Crippen LogP contribution is -2.38. The van der Waals surface area contributed by atoms with Gasteiger partial charge in [-0.05, 0) is 37.5 Å². The Kier molecular flexibility index (Phi) is 4.82. The number of halogens is 1. The van der Waals surface area contributed by atoms with Crippen LogP contribution in [-0.2, 0) is 0 Å². The summed E-state index contributed by atoms with van der Waals surface area (Å²) in [7, 11) is 0. The van der Waals surface area contributed by atoms with Crippen molar-refractivity contribution < 1.29 is 9.53 Å². The number of hydrogen-bond acceptors (Lipinski definition) is 3. The lowest BCUT2D eigenvalue weighted by Gasteiger charge is -2.24. The smallest absolute Gasteiger partial charge is 0.252 e. The second kappa shape index (κ2) is 6.39. The summed E-state index contributed by atoms with van der Waals surface area (Å²) in [5.41, 5.74) is 11.9. The molecule has 0 aliphatic heterocycles. The third kappa shape index (κ3) is 3.70. The van der Waals surface area contributed by atoms with Crippen molar-refractivity contribution in [3.63, 3.8) is 0 Å². The molecule has 1 aliphatic rings. The fourth-order valence-electron chi connectivity index (χ4n) is 2.41. The van der Waals surface area contributed by atoms with Crippen molar-refractivity contribution >= 4 is 21.8 Å². The second-order valence-electron chi connectivity index (χ2n) is 4.96. The Balaban J connectivity index is 2.19. The Hall–Kier alpha value is -1.07. The van der Waals surface area contributed by atoms with Crippen molar-refractivity contribution in [2.24, 2.45) is 11.5 Å². The summed E-state index contributed by atoms with van der Waals surface area (Å²) < 4.78 is 6.75. The van der Waals surface area contributed by atoms with E-state index < -0.39 is 5.91 Å². The third-order valence-electron chi connectivity index (χ3n) is 3.49. The van der Waals surface area contributed by atoms with Crippen LogP contribution in [0.15, 0.2) is 22.7 Å². The Morgan fingerprint density at radius 3 is 2.74 bits per heavy atom. The first-order chi connectivity index (χ1) is 9.08. The van der Waals surface area contributed by atoms with Gasteiger partial charge in [-0.1, -0.05) is 28.8 Å². The zero-order valence-electron chi connectivity index (χ0n) is 10.8. The SMILES string of the molecule is NC(=O)c1cc(Br)ccc1OC1CCCCCC1N. The number of carbonyl (C=O) groups is 1. The van der Waals surface area contributed by atoms with Crippen LogP contribution in [0.5, 0.6) is 5.75 Å². The molecule has 1 saturated carbocycles. The van der Waals surface area contributed by atoms with E-state index in [2.05, 4.69) is 15.9 Å². The maximum atomic E-state index is 11.5. The average Bonchev–Trinajstić information content (AvgIpc) is 2.57. The Morgan fingerprint density at radius 2 is 2.00 bits per heavy atom. The van der Waals surface area contributed by atoms with Gasteiger partial charge in [0.2, 0.25) is 0 Å². The third-order valence-corrected chi connectivity index (χ3v) is 3.98. The van der Waals surface area contributed by atoms with Gasteiger partial charge in [-0.25, -0.2) is 0 Å². The largest absolute Gasteiger partial charge is 0.488 e. The van der Waals surface area contributed by atoms with Gasteiger partial charge in [0, 0.05) is 10.5 Å². The van der Waals surface area contributed by atoms with Crippen LogP contribution in [0.1, 0.15) is 42.5 Å². The highest BCUT2D eigenvalue weighted by Gasteiger charge is 2.23. The summed E-state index contributed by atoms with van der Waals surface area (Å²) >= 11 is 3.33.